The van der Waals surface area contributed by atoms with Gasteiger partial charge >= 0.3 is 5.97 Å². The average molecular weight is 443 g/mol. The minimum Gasteiger partial charge on any atom is -0.481 e. The highest BCUT2D eigenvalue weighted by Gasteiger charge is 2.78. The van der Waals surface area contributed by atoms with Crippen molar-refractivity contribution < 1.29 is 29.3 Å². The predicted octanol–water partition coefficient (Wildman–Crippen LogP) is 1.43. The number of aliphatic carboxylic acids is 1. The molecule has 2 unspecified atom stereocenters. The number of amides is 2. The van der Waals surface area contributed by atoms with Gasteiger partial charge in [-0.15, -0.1) is 6.58 Å². The Morgan fingerprint density at radius 1 is 1.34 bits per heavy atom. The van der Waals surface area contributed by atoms with Crippen molar-refractivity contribution in [2.45, 2.75) is 56.5 Å². The number of carboxylic acid groups (broad SMARTS) is 1. The third-order valence-electron chi connectivity index (χ3n) is 7.33. The number of nitrogens with zero attached hydrogens (tertiary/aromatic N) is 2. The van der Waals surface area contributed by atoms with Crippen LogP contribution in [0.25, 0.3) is 0 Å². The number of carboxylic acids is 1. The fraction of sp³-hybridized carbons (Fsp3) is 0.542. The quantitative estimate of drug-likeness (QED) is 0.590. The third-order valence-corrected chi connectivity index (χ3v) is 7.33. The molecule has 6 atom stereocenters. The molecule has 32 heavy (non-hydrogen) atoms. The van der Waals surface area contributed by atoms with Gasteiger partial charge in [-0.2, -0.15) is 0 Å². The van der Waals surface area contributed by atoms with Gasteiger partial charge in [0.25, 0.3) is 0 Å². The number of aliphatic hydroxyl groups excluding tert-OH is 1. The number of benzene rings is 1. The first-order valence-corrected chi connectivity index (χ1v) is 11.0. The molecule has 172 valence electrons. The highest BCUT2D eigenvalue weighted by molar-refractivity contribution is 5.98. The van der Waals surface area contributed by atoms with Crippen molar-refractivity contribution in [1.29, 1.82) is 0 Å². The summed E-state index contributed by atoms with van der Waals surface area (Å²) < 4.78 is 6.35. The van der Waals surface area contributed by atoms with Crippen molar-refractivity contribution in [1.82, 2.24) is 9.80 Å². The van der Waals surface area contributed by atoms with E-state index in [1.165, 1.54) is 4.90 Å². The van der Waals surface area contributed by atoms with Crippen molar-refractivity contribution in [3.8, 4) is 0 Å². The summed E-state index contributed by atoms with van der Waals surface area (Å²) in [5.41, 5.74) is -1.29. The minimum atomic E-state index is -1.22. The van der Waals surface area contributed by atoms with E-state index in [0.29, 0.717) is 19.4 Å². The lowest BCUT2D eigenvalue weighted by atomic mass is 9.66. The number of carbonyl (C=O) groups is 3. The molecule has 3 aliphatic heterocycles. The lowest BCUT2D eigenvalue weighted by molar-refractivity contribution is -0.158. The maximum Gasteiger partial charge on any atom is 0.310 e. The zero-order chi connectivity index (χ0) is 23.3. The number of ether oxygens (including phenoxy) is 1. The first kappa shape index (κ1) is 22.5. The van der Waals surface area contributed by atoms with Crippen LogP contribution in [-0.2, 0) is 25.7 Å². The molecule has 3 aliphatic rings. The van der Waals surface area contributed by atoms with Crippen LogP contribution < -0.4 is 0 Å². The van der Waals surface area contributed by atoms with E-state index in [1.54, 1.807) is 24.8 Å². The van der Waals surface area contributed by atoms with Crippen LogP contribution in [0, 0.1) is 11.8 Å². The monoisotopic (exact) mass is 442 g/mol. The van der Waals surface area contributed by atoms with Gasteiger partial charge in [-0.05, 0) is 32.3 Å². The molecule has 3 heterocycles. The summed E-state index contributed by atoms with van der Waals surface area (Å²) in [4.78, 5) is 42.7. The first-order valence-electron chi connectivity index (χ1n) is 11.0. The van der Waals surface area contributed by atoms with Crippen LogP contribution in [-0.4, -0.2) is 74.2 Å². The van der Waals surface area contributed by atoms with E-state index in [0.717, 1.165) is 5.56 Å². The van der Waals surface area contributed by atoms with E-state index < -0.39 is 47.0 Å². The van der Waals surface area contributed by atoms with Crippen LogP contribution in [0.15, 0.2) is 43.0 Å². The molecule has 8 nitrogen and oxygen atoms in total. The Kier molecular flexibility index (Phi) is 5.63. The van der Waals surface area contributed by atoms with Crippen molar-refractivity contribution in [2.24, 2.45) is 11.8 Å². The third kappa shape index (κ3) is 3.16. The van der Waals surface area contributed by atoms with Gasteiger partial charge in [0.1, 0.15) is 11.6 Å². The minimum absolute atomic E-state index is 0.264. The molecule has 3 saturated heterocycles. The van der Waals surface area contributed by atoms with E-state index in [-0.39, 0.29) is 19.1 Å². The fourth-order valence-electron chi connectivity index (χ4n) is 5.95. The van der Waals surface area contributed by atoms with Crippen LogP contribution in [0.2, 0.25) is 0 Å². The van der Waals surface area contributed by atoms with E-state index in [1.807, 2.05) is 30.3 Å². The molecular weight excluding hydrogens is 412 g/mol. The van der Waals surface area contributed by atoms with Gasteiger partial charge in [-0.25, -0.2) is 0 Å². The molecule has 3 fully saturated rings. The molecular formula is C24H30N2O6. The highest BCUT2D eigenvalue weighted by Crippen LogP contribution is 2.63. The summed E-state index contributed by atoms with van der Waals surface area (Å²) in [6.45, 7) is 7.40. The lowest BCUT2D eigenvalue weighted by Crippen LogP contribution is -2.58. The number of carbonyl (C=O) groups excluding carboxylic acids is 2. The van der Waals surface area contributed by atoms with Gasteiger partial charge in [0, 0.05) is 13.1 Å². The second-order valence-electron chi connectivity index (χ2n) is 9.34. The molecule has 2 bridgehead atoms. The van der Waals surface area contributed by atoms with E-state index in [9.17, 15) is 24.6 Å². The molecule has 0 aromatic heterocycles. The summed E-state index contributed by atoms with van der Waals surface area (Å²) in [6, 6.07) is 7.85. The molecule has 0 aliphatic carbocycles. The molecule has 0 saturated carbocycles. The van der Waals surface area contributed by atoms with E-state index in [4.69, 9.17) is 4.74 Å². The molecule has 1 aromatic rings. The van der Waals surface area contributed by atoms with Crippen LogP contribution in [0.3, 0.4) is 0 Å². The van der Waals surface area contributed by atoms with Crippen LogP contribution in [0.5, 0.6) is 0 Å². The number of likely N-dealkylation sites (tertiary alicyclic amines) is 1. The largest absolute Gasteiger partial charge is 0.481 e. The Labute approximate surface area is 187 Å². The van der Waals surface area contributed by atoms with Gasteiger partial charge in [-0.1, -0.05) is 36.4 Å². The summed E-state index contributed by atoms with van der Waals surface area (Å²) in [5, 5.41) is 19.8. The zero-order valence-electron chi connectivity index (χ0n) is 18.4. The molecule has 2 amide bonds. The summed E-state index contributed by atoms with van der Waals surface area (Å²) in [6.07, 6.45) is 2.50. The molecule has 2 N–H and O–H groups in total. The Hall–Kier alpha value is -2.71. The highest BCUT2D eigenvalue weighted by atomic mass is 16.5. The lowest BCUT2D eigenvalue weighted by Gasteiger charge is -2.38. The number of aliphatic hydroxyl groups is 1. The summed E-state index contributed by atoms with van der Waals surface area (Å²) in [5.74, 6) is -3.83. The van der Waals surface area contributed by atoms with Gasteiger partial charge < -0.3 is 24.7 Å². The Bertz CT molecular complexity index is 936. The summed E-state index contributed by atoms with van der Waals surface area (Å²) in [7, 11) is 0. The maximum absolute atomic E-state index is 14.0. The second kappa shape index (κ2) is 8.01. The van der Waals surface area contributed by atoms with Crippen molar-refractivity contribution in [3.05, 3.63) is 48.6 Å². The average Bonchev–Trinajstić information content (AvgIpc) is 3.34. The zero-order valence-corrected chi connectivity index (χ0v) is 18.4. The van der Waals surface area contributed by atoms with Gasteiger partial charge in [0.05, 0.1) is 30.1 Å². The summed E-state index contributed by atoms with van der Waals surface area (Å²) >= 11 is 0. The van der Waals surface area contributed by atoms with Gasteiger partial charge in [0.2, 0.25) is 11.8 Å². The second-order valence-corrected chi connectivity index (χ2v) is 9.34. The number of hydrogen-bond acceptors (Lipinski definition) is 5. The molecule has 1 aromatic carbocycles. The van der Waals surface area contributed by atoms with E-state index >= 15 is 0 Å². The van der Waals surface area contributed by atoms with Crippen LogP contribution in [0.1, 0.15) is 32.3 Å². The fourth-order valence-corrected chi connectivity index (χ4v) is 5.95. The SMILES string of the molecule is C=CCN(Cc1ccccc1)C(=O)C1N([C@H](C)CO)C(=O)[C@@H]2[C@@H](C(=O)O)[C@@]3(C)CCC12O3. The maximum atomic E-state index is 14.0. The van der Waals surface area contributed by atoms with E-state index in [2.05, 4.69) is 6.58 Å². The molecule has 1 spiro atoms. The normalized spacial score (nSPS) is 33.8. The smallest absolute Gasteiger partial charge is 0.310 e. The molecule has 8 heteroatoms. The number of fused-ring (bicyclic) bond motifs is 1. The van der Waals surface area contributed by atoms with Gasteiger partial charge in [-0.3, -0.25) is 14.4 Å². The van der Waals surface area contributed by atoms with Crippen molar-refractivity contribution in [3.63, 3.8) is 0 Å². The number of hydrogen-bond donors (Lipinski definition) is 2. The van der Waals surface area contributed by atoms with Gasteiger partial charge in [0.15, 0.2) is 0 Å². The number of rotatable bonds is 8. The Morgan fingerprint density at radius 3 is 2.62 bits per heavy atom. The molecule has 0 radical (unpaired) electrons. The first-order chi connectivity index (χ1) is 15.2. The van der Waals surface area contributed by atoms with Crippen LogP contribution >= 0.6 is 0 Å². The predicted molar refractivity (Wildman–Crippen MR) is 115 cm³/mol. The Balaban J connectivity index is 1.77. The molecule has 4 rings (SSSR count). The standard InChI is InChI=1S/C24H30N2O6/c1-4-12-25(13-16-8-6-5-7-9-16)21(29)19-24-11-10-23(3,32-24)18(22(30)31)17(24)20(28)26(19)15(2)14-27/h4-9,15,17-19,27H,1,10-14H2,2-3H3,(H,30,31)/t15-,17+,18+,19?,23-,24?/m1/s1. The Morgan fingerprint density at radius 2 is 2.03 bits per heavy atom. The van der Waals surface area contributed by atoms with Crippen molar-refractivity contribution in [2.75, 3.05) is 13.2 Å². The topological polar surface area (TPSA) is 107 Å². The van der Waals surface area contributed by atoms with Crippen LogP contribution in [0.4, 0.5) is 0 Å². The van der Waals surface area contributed by atoms with Crippen molar-refractivity contribution >= 4 is 17.8 Å².